The Hall–Kier alpha value is -2.17. The van der Waals surface area contributed by atoms with Crippen molar-refractivity contribution in [2.24, 2.45) is 0 Å². The zero-order valence-electron chi connectivity index (χ0n) is 11.4. The second-order valence-electron chi connectivity index (χ2n) is 4.56. The molecule has 2 rings (SSSR count). The first kappa shape index (κ1) is 15.2. The quantitative estimate of drug-likeness (QED) is 0.858. The molecule has 2 nitrogen and oxygen atoms in total. The van der Waals surface area contributed by atoms with Crippen LogP contribution in [0.15, 0.2) is 54.6 Å². The third-order valence-corrected chi connectivity index (χ3v) is 2.85. The monoisotopic (exact) mass is 295 g/mol. The van der Waals surface area contributed by atoms with Crippen LogP contribution in [0.2, 0.25) is 0 Å². The first-order valence-electron chi connectivity index (χ1n) is 6.61. The molecule has 0 aliphatic heterocycles. The molecule has 0 bridgehead atoms. The van der Waals surface area contributed by atoms with Crippen LogP contribution in [-0.4, -0.2) is 19.3 Å². The number of anilines is 1. The van der Waals surface area contributed by atoms with Crippen LogP contribution in [-0.2, 0) is 6.42 Å². The van der Waals surface area contributed by atoms with Crippen molar-refractivity contribution in [1.29, 1.82) is 0 Å². The summed E-state index contributed by atoms with van der Waals surface area (Å²) in [5, 5.41) is 3.11. The molecule has 112 valence electrons. The number of ether oxygens (including phenoxy) is 1. The number of rotatable bonds is 6. The van der Waals surface area contributed by atoms with Crippen LogP contribution in [0.5, 0.6) is 5.75 Å². The Labute approximate surface area is 121 Å². The van der Waals surface area contributed by atoms with Crippen LogP contribution >= 0.6 is 0 Å². The summed E-state index contributed by atoms with van der Waals surface area (Å²) in [5.41, 5.74) is 1.73. The Kier molecular flexibility index (Phi) is 5.09. The van der Waals surface area contributed by atoms with Gasteiger partial charge in [0.15, 0.2) is 6.61 Å². The van der Waals surface area contributed by atoms with Gasteiger partial charge in [0.1, 0.15) is 5.75 Å². The summed E-state index contributed by atoms with van der Waals surface area (Å²) in [7, 11) is 0. The minimum absolute atomic E-state index is 0.211. The van der Waals surface area contributed by atoms with Crippen LogP contribution in [0.25, 0.3) is 0 Å². The highest BCUT2D eigenvalue weighted by atomic mass is 19.4. The third-order valence-electron chi connectivity index (χ3n) is 2.85. The largest absolute Gasteiger partial charge is 0.482 e. The van der Waals surface area contributed by atoms with Gasteiger partial charge in [0.25, 0.3) is 0 Å². The molecule has 0 saturated heterocycles. The predicted octanol–water partition coefficient (Wildman–Crippen LogP) is 4.28. The minimum Gasteiger partial charge on any atom is -0.482 e. The second kappa shape index (κ2) is 7.02. The lowest BCUT2D eigenvalue weighted by Gasteiger charge is -2.14. The fraction of sp³-hybridized carbons (Fsp3) is 0.250. The number of alkyl halides is 3. The maximum Gasteiger partial charge on any atom is 0.422 e. The number of halogens is 3. The first-order valence-corrected chi connectivity index (χ1v) is 6.61. The molecule has 0 unspecified atom stereocenters. The molecule has 1 N–H and O–H groups in total. The average Bonchev–Trinajstić information content (AvgIpc) is 2.46. The maximum atomic E-state index is 12.2. The molecule has 0 amide bonds. The van der Waals surface area contributed by atoms with E-state index in [1.54, 1.807) is 18.2 Å². The topological polar surface area (TPSA) is 21.3 Å². The van der Waals surface area contributed by atoms with Crippen molar-refractivity contribution in [1.82, 2.24) is 0 Å². The van der Waals surface area contributed by atoms with Gasteiger partial charge in [-0.05, 0) is 24.1 Å². The van der Waals surface area contributed by atoms with Crippen LogP contribution in [0.1, 0.15) is 5.56 Å². The van der Waals surface area contributed by atoms with Gasteiger partial charge < -0.3 is 10.1 Å². The standard InChI is InChI=1S/C16H16F3NO/c17-16(18,19)12-21-15-9-5-4-8-14(15)20-11-10-13-6-2-1-3-7-13/h1-9,20H,10-12H2. The van der Waals surface area contributed by atoms with Crippen LogP contribution in [0.4, 0.5) is 18.9 Å². The van der Waals surface area contributed by atoms with Crippen LogP contribution in [0, 0.1) is 0 Å². The lowest BCUT2D eigenvalue weighted by molar-refractivity contribution is -0.153. The number of hydrogen-bond acceptors (Lipinski definition) is 2. The lowest BCUT2D eigenvalue weighted by Crippen LogP contribution is -2.19. The summed E-state index contributed by atoms with van der Waals surface area (Å²) in [6.45, 7) is -0.666. The molecule has 21 heavy (non-hydrogen) atoms. The highest BCUT2D eigenvalue weighted by molar-refractivity contribution is 5.56. The summed E-state index contributed by atoms with van der Waals surface area (Å²) in [5.74, 6) is 0.211. The van der Waals surface area contributed by atoms with Gasteiger partial charge in [-0.15, -0.1) is 0 Å². The number of nitrogens with one attached hydrogen (secondary N) is 1. The molecule has 0 saturated carbocycles. The van der Waals surface area contributed by atoms with Crippen LogP contribution in [0.3, 0.4) is 0 Å². The smallest absolute Gasteiger partial charge is 0.422 e. The number of hydrogen-bond donors (Lipinski definition) is 1. The van der Waals surface area contributed by atoms with Crippen molar-refractivity contribution >= 4 is 5.69 Å². The molecule has 0 aliphatic carbocycles. The van der Waals surface area contributed by atoms with E-state index in [1.807, 2.05) is 30.3 Å². The second-order valence-corrected chi connectivity index (χ2v) is 4.56. The van der Waals surface area contributed by atoms with E-state index in [9.17, 15) is 13.2 Å². The van der Waals surface area contributed by atoms with E-state index < -0.39 is 12.8 Å². The normalized spacial score (nSPS) is 11.2. The Bertz CT molecular complexity index is 555. The SMILES string of the molecule is FC(F)(F)COc1ccccc1NCCc1ccccc1. The molecule has 2 aromatic carbocycles. The van der Waals surface area contributed by atoms with Gasteiger partial charge in [0, 0.05) is 6.54 Å². The molecule has 0 heterocycles. The van der Waals surface area contributed by atoms with Gasteiger partial charge in [0.2, 0.25) is 0 Å². The zero-order valence-corrected chi connectivity index (χ0v) is 11.4. The van der Waals surface area contributed by atoms with E-state index in [0.717, 1.165) is 6.42 Å². The summed E-state index contributed by atoms with van der Waals surface area (Å²) in [4.78, 5) is 0. The zero-order chi connectivity index (χ0) is 15.1. The Balaban J connectivity index is 1.90. The molecule has 0 radical (unpaired) electrons. The number of para-hydroxylation sites is 2. The Morgan fingerprint density at radius 3 is 2.29 bits per heavy atom. The average molecular weight is 295 g/mol. The van der Waals surface area contributed by atoms with Gasteiger partial charge in [-0.25, -0.2) is 0 Å². The number of benzene rings is 2. The lowest BCUT2D eigenvalue weighted by atomic mass is 10.1. The van der Waals surface area contributed by atoms with E-state index in [0.29, 0.717) is 12.2 Å². The van der Waals surface area contributed by atoms with E-state index in [2.05, 4.69) is 5.32 Å². The van der Waals surface area contributed by atoms with E-state index in [4.69, 9.17) is 4.74 Å². The van der Waals surface area contributed by atoms with Crippen molar-refractivity contribution in [2.75, 3.05) is 18.5 Å². The molecular formula is C16H16F3NO. The summed E-state index contributed by atoms with van der Waals surface area (Å²) >= 11 is 0. The highest BCUT2D eigenvalue weighted by Gasteiger charge is 2.28. The molecular weight excluding hydrogens is 279 g/mol. The fourth-order valence-electron chi connectivity index (χ4n) is 1.88. The van der Waals surface area contributed by atoms with Gasteiger partial charge in [0.05, 0.1) is 5.69 Å². The van der Waals surface area contributed by atoms with Crippen molar-refractivity contribution in [3.05, 3.63) is 60.2 Å². The highest BCUT2D eigenvalue weighted by Crippen LogP contribution is 2.26. The van der Waals surface area contributed by atoms with E-state index in [-0.39, 0.29) is 5.75 Å². The molecule has 0 fully saturated rings. The predicted molar refractivity (Wildman–Crippen MR) is 76.6 cm³/mol. The Morgan fingerprint density at radius 2 is 1.57 bits per heavy atom. The fourth-order valence-corrected chi connectivity index (χ4v) is 1.88. The molecule has 0 spiro atoms. The van der Waals surface area contributed by atoms with Gasteiger partial charge in [-0.3, -0.25) is 0 Å². The molecule has 0 atom stereocenters. The van der Waals surface area contributed by atoms with E-state index in [1.165, 1.54) is 11.6 Å². The van der Waals surface area contributed by atoms with Gasteiger partial charge in [-0.1, -0.05) is 42.5 Å². The third kappa shape index (κ3) is 5.38. The van der Waals surface area contributed by atoms with Crippen molar-refractivity contribution in [2.45, 2.75) is 12.6 Å². The first-order chi connectivity index (χ1) is 10.0. The van der Waals surface area contributed by atoms with Crippen molar-refractivity contribution in [3.8, 4) is 5.75 Å². The van der Waals surface area contributed by atoms with Gasteiger partial charge >= 0.3 is 6.18 Å². The molecule has 5 heteroatoms. The Morgan fingerprint density at radius 1 is 0.905 bits per heavy atom. The summed E-state index contributed by atoms with van der Waals surface area (Å²) < 4.78 is 41.4. The van der Waals surface area contributed by atoms with Crippen molar-refractivity contribution in [3.63, 3.8) is 0 Å². The van der Waals surface area contributed by atoms with Crippen molar-refractivity contribution < 1.29 is 17.9 Å². The minimum atomic E-state index is -4.34. The maximum absolute atomic E-state index is 12.2. The van der Waals surface area contributed by atoms with Gasteiger partial charge in [-0.2, -0.15) is 13.2 Å². The summed E-state index contributed by atoms with van der Waals surface area (Å²) in [6.07, 6.45) is -3.55. The molecule has 0 aliphatic rings. The molecule has 2 aromatic rings. The summed E-state index contributed by atoms with van der Waals surface area (Å²) in [6, 6.07) is 16.5. The van der Waals surface area contributed by atoms with E-state index >= 15 is 0 Å². The van der Waals surface area contributed by atoms with Crippen LogP contribution < -0.4 is 10.1 Å². The molecule has 0 aromatic heterocycles.